The van der Waals surface area contributed by atoms with Gasteiger partial charge in [-0.3, -0.25) is 9.97 Å². The summed E-state index contributed by atoms with van der Waals surface area (Å²) in [7, 11) is 4.24. The van der Waals surface area contributed by atoms with Crippen molar-refractivity contribution in [1.29, 1.82) is 0 Å². The predicted molar refractivity (Wildman–Crippen MR) is 189 cm³/mol. The Balaban J connectivity index is 1.08. The molecule has 0 bridgehead atoms. The Bertz CT molecular complexity index is 1820. The smallest absolute Gasteiger partial charge is 0.319 e. The van der Waals surface area contributed by atoms with Gasteiger partial charge in [0.25, 0.3) is 0 Å². The number of benzene rings is 2. The van der Waals surface area contributed by atoms with Crippen LogP contribution in [0.1, 0.15) is 55.7 Å². The second kappa shape index (κ2) is 14.6. The summed E-state index contributed by atoms with van der Waals surface area (Å²) < 4.78 is 21.8. The van der Waals surface area contributed by atoms with E-state index in [4.69, 9.17) is 9.72 Å². The molecule has 5 aromatic rings. The van der Waals surface area contributed by atoms with Crippen LogP contribution in [0, 0.1) is 11.7 Å². The van der Waals surface area contributed by atoms with Crippen molar-refractivity contribution >= 4 is 33.3 Å². The van der Waals surface area contributed by atoms with Gasteiger partial charge in [-0.1, -0.05) is 44.2 Å². The quantitative estimate of drug-likeness (QED) is 0.133. The minimum atomic E-state index is -0.565. The summed E-state index contributed by atoms with van der Waals surface area (Å²) in [6.07, 6.45) is 8.80. The Labute approximate surface area is 280 Å². The van der Waals surface area contributed by atoms with E-state index in [0.717, 1.165) is 53.0 Å². The van der Waals surface area contributed by atoms with Crippen LogP contribution < -0.4 is 15.4 Å². The van der Waals surface area contributed by atoms with E-state index in [1.54, 1.807) is 18.3 Å². The molecule has 0 spiro atoms. The minimum Gasteiger partial charge on any atom is -0.453 e. The molecule has 9 heteroatoms. The van der Waals surface area contributed by atoms with Gasteiger partial charge in [0.15, 0.2) is 11.6 Å². The van der Waals surface area contributed by atoms with Crippen LogP contribution in [-0.4, -0.2) is 47.6 Å². The van der Waals surface area contributed by atoms with Crippen molar-refractivity contribution < 1.29 is 13.9 Å². The number of hydrogen-bond acceptors (Lipinski definition) is 6. The van der Waals surface area contributed by atoms with Gasteiger partial charge in [-0.2, -0.15) is 0 Å². The number of aromatic nitrogens is 2. The first-order valence-corrected chi connectivity index (χ1v) is 17.2. The van der Waals surface area contributed by atoms with E-state index in [9.17, 15) is 9.18 Å². The number of urea groups is 1. The zero-order valence-electron chi connectivity index (χ0n) is 27.4. The number of rotatable bonds is 13. The normalized spacial score (nSPS) is 14.3. The van der Waals surface area contributed by atoms with Gasteiger partial charge in [0.05, 0.1) is 20.8 Å². The highest BCUT2D eigenvalue weighted by molar-refractivity contribution is 7.22. The molecule has 3 heterocycles. The van der Waals surface area contributed by atoms with Gasteiger partial charge >= 0.3 is 6.03 Å². The van der Waals surface area contributed by atoms with Crippen LogP contribution in [0.5, 0.6) is 11.5 Å². The second-order valence-electron chi connectivity index (χ2n) is 12.9. The lowest BCUT2D eigenvalue weighted by Gasteiger charge is -2.21. The van der Waals surface area contributed by atoms with E-state index in [0.29, 0.717) is 23.3 Å². The lowest BCUT2D eigenvalue weighted by atomic mass is 9.84. The summed E-state index contributed by atoms with van der Waals surface area (Å²) in [6, 6.07) is 21.4. The molecule has 6 rings (SSSR count). The SMILES string of the molecule is CC(Cc1ccc(-c2cc3nccc(Oc4ccc(NC(=O)NC5CC5)cc4F)c3s2)nc1)C(C)c1ccc(CCCN(C)C)cc1. The van der Waals surface area contributed by atoms with Crippen molar-refractivity contribution in [2.75, 3.05) is 26.0 Å². The highest BCUT2D eigenvalue weighted by atomic mass is 32.1. The summed E-state index contributed by atoms with van der Waals surface area (Å²) in [5.41, 5.74) is 5.96. The van der Waals surface area contributed by atoms with Crippen LogP contribution in [0.4, 0.5) is 14.9 Å². The van der Waals surface area contributed by atoms with Crippen molar-refractivity contribution in [3.8, 4) is 22.1 Å². The first-order valence-electron chi connectivity index (χ1n) is 16.3. The van der Waals surface area contributed by atoms with E-state index in [2.05, 4.69) is 84.9 Å². The molecule has 0 aliphatic heterocycles. The first-order chi connectivity index (χ1) is 22.7. The lowest BCUT2D eigenvalue weighted by molar-refractivity contribution is 0.251. The third-order valence-corrected chi connectivity index (χ3v) is 9.92. The Morgan fingerprint density at radius 3 is 2.49 bits per heavy atom. The van der Waals surface area contributed by atoms with Crippen molar-refractivity contribution in [3.05, 3.63) is 102 Å². The number of nitrogens with zero attached hydrogens (tertiary/aromatic N) is 3. The van der Waals surface area contributed by atoms with Gasteiger partial charge in [-0.15, -0.1) is 11.3 Å². The maximum Gasteiger partial charge on any atom is 0.319 e. The topological polar surface area (TPSA) is 79.4 Å². The molecule has 244 valence electrons. The van der Waals surface area contributed by atoms with Crippen molar-refractivity contribution in [3.63, 3.8) is 0 Å². The number of ether oxygens (including phenoxy) is 1. The number of halogens is 1. The Morgan fingerprint density at radius 1 is 1.00 bits per heavy atom. The maximum atomic E-state index is 15.0. The lowest BCUT2D eigenvalue weighted by Crippen LogP contribution is -2.30. The molecule has 2 aromatic carbocycles. The second-order valence-corrected chi connectivity index (χ2v) is 14.0. The van der Waals surface area contributed by atoms with Crippen molar-refractivity contribution in [2.45, 2.75) is 57.9 Å². The van der Waals surface area contributed by atoms with E-state index < -0.39 is 5.82 Å². The molecule has 1 aliphatic carbocycles. The van der Waals surface area contributed by atoms with Crippen LogP contribution in [-0.2, 0) is 12.8 Å². The first kappa shape index (κ1) is 32.6. The van der Waals surface area contributed by atoms with Crippen molar-refractivity contribution in [2.24, 2.45) is 5.92 Å². The average Bonchev–Trinajstić information content (AvgIpc) is 3.75. The van der Waals surface area contributed by atoms with Gasteiger partial charge in [-0.25, -0.2) is 9.18 Å². The van der Waals surface area contributed by atoms with Crippen LogP contribution in [0.3, 0.4) is 0 Å². The van der Waals surface area contributed by atoms with E-state index in [-0.39, 0.29) is 17.8 Å². The molecular weight excluding hydrogens is 610 g/mol. The molecule has 47 heavy (non-hydrogen) atoms. The van der Waals surface area contributed by atoms with Crippen molar-refractivity contribution in [1.82, 2.24) is 20.2 Å². The highest BCUT2D eigenvalue weighted by Gasteiger charge is 2.23. The molecule has 0 radical (unpaired) electrons. The number of thiophene rings is 1. The standard InChI is InChI=1S/C38H42FN5O2S/c1-24(25(2)28-10-7-26(8-11-28)6-5-19-44(3)4)20-27-9-15-32(41-23-27)36-22-33-37(47-36)35(17-18-40-33)46-34-16-14-30(21-31(34)39)43-38(45)42-29-12-13-29/h7-11,14-18,21-25,29H,5-6,12-13,19-20H2,1-4H3,(H2,42,43,45). The third-order valence-electron chi connectivity index (χ3n) is 8.76. The zero-order chi connectivity index (χ0) is 32.9. The molecule has 1 aliphatic rings. The summed E-state index contributed by atoms with van der Waals surface area (Å²) in [6.45, 7) is 5.72. The summed E-state index contributed by atoms with van der Waals surface area (Å²) in [5.74, 6) is 0.910. The number of carbonyl (C=O) groups excluding carboxylic acids is 1. The summed E-state index contributed by atoms with van der Waals surface area (Å²) in [5, 5.41) is 5.50. The summed E-state index contributed by atoms with van der Waals surface area (Å²) in [4.78, 5) is 24.5. The largest absolute Gasteiger partial charge is 0.453 e. The molecule has 1 saturated carbocycles. The maximum absolute atomic E-state index is 15.0. The predicted octanol–water partition coefficient (Wildman–Crippen LogP) is 9.05. The minimum absolute atomic E-state index is 0.0716. The van der Waals surface area contributed by atoms with Crippen LogP contribution >= 0.6 is 11.3 Å². The van der Waals surface area contributed by atoms with Crippen LogP contribution in [0.25, 0.3) is 20.8 Å². The fraction of sp³-hybridized carbons (Fsp3) is 0.342. The fourth-order valence-corrected chi connectivity index (χ4v) is 6.68. The number of nitrogens with one attached hydrogen (secondary N) is 2. The van der Waals surface area contributed by atoms with Gasteiger partial charge in [0.1, 0.15) is 5.75 Å². The number of anilines is 1. The monoisotopic (exact) mass is 651 g/mol. The number of aryl methyl sites for hydroxylation is 1. The van der Waals surface area contributed by atoms with Crippen LogP contribution in [0.15, 0.2) is 79.1 Å². The molecule has 3 aromatic heterocycles. The zero-order valence-corrected chi connectivity index (χ0v) is 28.2. The van der Waals surface area contributed by atoms with Gasteiger partial charge in [0.2, 0.25) is 0 Å². The Hall–Kier alpha value is -4.34. The molecule has 2 unspecified atom stereocenters. The number of hydrogen-bond donors (Lipinski definition) is 2. The Kier molecular flexibility index (Phi) is 10.1. The molecule has 1 fully saturated rings. The van der Waals surface area contributed by atoms with Gasteiger partial charge < -0.3 is 20.3 Å². The highest BCUT2D eigenvalue weighted by Crippen LogP contribution is 2.39. The van der Waals surface area contributed by atoms with Gasteiger partial charge in [0, 0.05) is 36.3 Å². The number of pyridine rings is 2. The van der Waals surface area contributed by atoms with E-state index in [1.165, 1.54) is 46.6 Å². The third kappa shape index (κ3) is 8.53. The molecule has 0 saturated heterocycles. The summed E-state index contributed by atoms with van der Waals surface area (Å²) >= 11 is 1.51. The van der Waals surface area contributed by atoms with Crippen LogP contribution in [0.2, 0.25) is 0 Å². The fourth-order valence-electron chi connectivity index (χ4n) is 5.64. The molecule has 2 N–H and O–H groups in total. The van der Waals surface area contributed by atoms with Gasteiger partial charge in [-0.05, 0) is 106 Å². The number of amides is 2. The molecular formula is C38H42FN5O2S. The van der Waals surface area contributed by atoms with E-state index >= 15 is 0 Å². The number of carbonyl (C=O) groups is 1. The molecule has 2 amide bonds. The average molecular weight is 652 g/mol. The molecule has 2 atom stereocenters. The molecule has 7 nitrogen and oxygen atoms in total. The Morgan fingerprint density at radius 2 is 1.79 bits per heavy atom. The number of fused-ring (bicyclic) bond motifs is 1. The van der Waals surface area contributed by atoms with E-state index in [1.807, 2.05) is 12.3 Å².